The molecule has 108 valence electrons. The molecule has 1 atom stereocenters. The lowest BCUT2D eigenvalue weighted by Gasteiger charge is -2.20. The van der Waals surface area contributed by atoms with E-state index in [0.717, 1.165) is 0 Å². The molecule has 0 heterocycles. The number of amides is 1. The Morgan fingerprint density at radius 2 is 2.00 bits per heavy atom. The molecule has 1 fully saturated rings. The summed E-state index contributed by atoms with van der Waals surface area (Å²) in [6, 6.07) is 8.75. The van der Waals surface area contributed by atoms with Crippen molar-refractivity contribution in [3.05, 3.63) is 35.9 Å². The molecule has 1 aliphatic rings. The summed E-state index contributed by atoms with van der Waals surface area (Å²) >= 11 is 0. The maximum atomic E-state index is 11.9. The molecule has 5 heteroatoms. The highest BCUT2D eigenvalue weighted by molar-refractivity contribution is 5.94. The highest BCUT2D eigenvalue weighted by atomic mass is 16.5. The van der Waals surface area contributed by atoms with Crippen LogP contribution in [0.25, 0.3) is 0 Å². The van der Waals surface area contributed by atoms with Crippen LogP contribution in [0.15, 0.2) is 30.3 Å². The number of hydrogen-bond donors (Lipinski definition) is 2. The van der Waals surface area contributed by atoms with Gasteiger partial charge in [0.15, 0.2) is 0 Å². The van der Waals surface area contributed by atoms with Crippen LogP contribution in [0.5, 0.6) is 0 Å². The van der Waals surface area contributed by atoms with E-state index >= 15 is 0 Å². The zero-order valence-electron chi connectivity index (χ0n) is 11.5. The second-order valence-electron chi connectivity index (χ2n) is 4.97. The number of esters is 1. The van der Waals surface area contributed by atoms with Gasteiger partial charge in [-0.15, -0.1) is 0 Å². The van der Waals surface area contributed by atoms with Gasteiger partial charge in [0.1, 0.15) is 0 Å². The van der Waals surface area contributed by atoms with Crippen LogP contribution in [-0.4, -0.2) is 36.2 Å². The fourth-order valence-electron chi connectivity index (χ4n) is 2.16. The Bertz CT molecular complexity index is 482. The molecule has 0 aliphatic heterocycles. The van der Waals surface area contributed by atoms with Crippen molar-refractivity contribution in [3.63, 3.8) is 0 Å². The van der Waals surface area contributed by atoms with E-state index in [1.807, 2.05) is 6.07 Å². The Balaban J connectivity index is 1.88. The summed E-state index contributed by atoms with van der Waals surface area (Å²) in [5.41, 5.74) is -0.291. The Hall–Kier alpha value is -1.88. The number of rotatable bonds is 6. The highest BCUT2D eigenvalue weighted by Gasteiger charge is 2.56. The van der Waals surface area contributed by atoms with E-state index in [1.165, 1.54) is 0 Å². The van der Waals surface area contributed by atoms with E-state index in [9.17, 15) is 14.7 Å². The quantitative estimate of drug-likeness (QED) is 0.764. The topological polar surface area (TPSA) is 75.6 Å². The third-order valence-electron chi connectivity index (χ3n) is 3.60. The number of hydrogen-bond acceptors (Lipinski definition) is 4. The van der Waals surface area contributed by atoms with Crippen LogP contribution in [0.3, 0.4) is 0 Å². The van der Waals surface area contributed by atoms with Crippen LogP contribution in [0.2, 0.25) is 0 Å². The number of carbonyl (C=O) groups is 2. The Kier molecular flexibility index (Phi) is 4.39. The first-order chi connectivity index (χ1) is 9.60. The third kappa shape index (κ3) is 2.99. The van der Waals surface area contributed by atoms with Crippen molar-refractivity contribution >= 4 is 11.9 Å². The van der Waals surface area contributed by atoms with Gasteiger partial charge in [-0.2, -0.15) is 0 Å². The summed E-state index contributed by atoms with van der Waals surface area (Å²) in [7, 11) is 0. The molecule has 1 aromatic rings. The van der Waals surface area contributed by atoms with E-state index in [2.05, 4.69) is 5.32 Å². The van der Waals surface area contributed by atoms with Gasteiger partial charge in [0.05, 0.1) is 18.1 Å². The molecule has 1 amide bonds. The van der Waals surface area contributed by atoms with Gasteiger partial charge in [-0.25, -0.2) is 0 Å². The minimum Gasteiger partial charge on any atom is -0.465 e. The lowest BCUT2D eigenvalue weighted by molar-refractivity contribution is -0.154. The van der Waals surface area contributed by atoms with Gasteiger partial charge in [0, 0.05) is 12.1 Å². The second-order valence-corrected chi connectivity index (χ2v) is 4.97. The normalized spacial score (nSPS) is 17.1. The van der Waals surface area contributed by atoms with E-state index in [-0.39, 0.29) is 18.4 Å². The molecule has 2 N–H and O–H groups in total. The minimum atomic E-state index is -0.908. The Morgan fingerprint density at radius 1 is 1.35 bits per heavy atom. The summed E-state index contributed by atoms with van der Waals surface area (Å²) in [6.07, 6.45) is 0.303. The first-order valence-corrected chi connectivity index (χ1v) is 6.78. The van der Waals surface area contributed by atoms with Crippen molar-refractivity contribution in [2.45, 2.75) is 25.9 Å². The van der Waals surface area contributed by atoms with Crippen LogP contribution in [0, 0.1) is 5.41 Å². The minimum absolute atomic E-state index is 0.0482. The van der Waals surface area contributed by atoms with Gasteiger partial charge < -0.3 is 15.2 Å². The molecule has 1 saturated carbocycles. The van der Waals surface area contributed by atoms with Crippen LogP contribution in [0.4, 0.5) is 0 Å². The molecule has 20 heavy (non-hydrogen) atoms. The monoisotopic (exact) mass is 277 g/mol. The molecule has 0 aromatic heterocycles. The van der Waals surface area contributed by atoms with Gasteiger partial charge in [0.25, 0.3) is 5.91 Å². The zero-order valence-corrected chi connectivity index (χ0v) is 11.5. The smallest absolute Gasteiger partial charge is 0.314 e. The summed E-state index contributed by atoms with van der Waals surface area (Å²) in [4.78, 5) is 23.6. The van der Waals surface area contributed by atoms with Crippen molar-refractivity contribution < 1.29 is 19.4 Å². The molecule has 1 unspecified atom stereocenters. The molecule has 0 bridgehead atoms. The number of aliphatic hydroxyl groups excluding tert-OH is 1. The Morgan fingerprint density at radius 3 is 2.55 bits per heavy atom. The number of carbonyl (C=O) groups excluding carboxylic acids is 2. The molecular formula is C15H19NO4. The maximum Gasteiger partial charge on any atom is 0.314 e. The van der Waals surface area contributed by atoms with Gasteiger partial charge in [0.2, 0.25) is 0 Å². The first-order valence-electron chi connectivity index (χ1n) is 6.78. The summed E-state index contributed by atoms with van der Waals surface area (Å²) < 4.78 is 4.97. The van der Waals surface area contributed by atoms with Crippen molar-refractivity contribution in [1.82, 2.24) is 5.32 Å². The fourth-order valence-corrected chi connectivity index (χ4v) is 2.16. The van der Waals surface area contributed by atoms with Crippen LogP contribution >= 0.6 is 0 Å². The van der Waals surface area contributed by atoms with Crippen LogP contribution in [-0.2, 0) is 9.53 Å². The summed E-state index contributed by atoms with van der Waals surface area (Å²) in [5.74, 6) is -0.634. The van der Waals surface area contributed by atoms with Crippen molar-refractivity contribution in [3.8, 4) is 0 Å². The van der Waals surface area contributed by atoms with Gasteiger partial charge >= 0.3 is 5.97 Å². The van der Waals surface area contributed by atoms with Gasteiger partial charge in [-0.3, -0.25) is 9.59 Å². The van der Waals surface area contributed by atoms with E-state index in [1.54, 1.807) is 31.2 Å². The number of aliphatic hydroxyl groups is 1. The van der Waals surface area contributed by atoms with E-state index in [0.29, 0.717) is 25.0 Å². The lowest BCUT2D eigenvalue weighted by Crippen LogP contribution is -2.41. The summed E-state index contributed by atoms with van der Waals surface area (Å²) in [6.45, 7) is 2.08. The molecule has 5 nitrogen and oxygen atoms in total. The van der Waals surface area contributed by atoms with Crippen molar-refractivity contribution in [2.24, 2.45) is 5.41 Å². The molecule has 0 radical (unpaired) electrons. The molecule has 1 aliphatic carbocycles. The molecule has 0 spiro atoms. The molecule has 1 aromatic carbocycles. The number of nitrogens with one attached hydrogen (secondary N) is 1. The second kappa shape index (κ2) is 6.05. The van der Waals surface area contributed by atoms with Crippen molar-refractivity contribution in [2.75, 3.05) is 13.2 Å². The zero-order chi connectivity index (χ0) is 14.6. The number of benzene rings is 1. The van der Waals surface area contributed by atoms with Gasteiger partial charge in [-0.05, 0) is 31.9 Å². The lowest BCUT2D eigenvalue weighted by atomic mass is 9.99. The third-order valence-corrected chi connectivity index (χ3v) is 3.60. The average molecular weight is 277 g/mol. The largest absolute Gasteiger partial charge is 0.465 e. The number of ether oxygens (including phenoxy) is 1. The van der Waals surface area contributed by atoms with E-state index < -0.39 is 11.5 Å². The Labute approximate surface area is 117 Å². The average Bonchev–Trinajstić information content (AvgIpc) is 3.27. The highest BCUT2D eigenvalue weighted by Crippen LogP contribution is 2.49. The fraction of sp³-hybridized carbons (Fsp3) is 0.467. The summed E-state index contributed by atoms with van der Waals surface area (Å²) in [5, 5.41) is 12.8. The first kappa shape index (κ1) is 14.5. The SMILES string of the molecule is CCOC(=O)C1(C(O)CNC(=O)c2ccccc2)CC1. The predicted octanol–water partition coefficient (Wildman–Crippen LogP) is 1.12. The standard InChI is InChI=1S/C15H19NO4/c1-2-20-14(19)15(8-9-15)12(17)10-16-13(18)11-6-4-3-5-7-11/h3-7,12,17H,2,8-10H2,1H3,(H,16,18). The molecular weight excluding hydrogens is 258 g/mol. The van der Waals surface area contributed by atoms with Crippen LogP contribution < -0.4 is 5.32 Å². The molecule has 2 rings (SSSR count). The van der Waals surface area contributed by atoms with E-state index in [4.69, 9.17) is 4.74 Å². The maximum absolute atomic E-state index is 11.9. The van der Waals surface area contributed by atoms with Gasteiger partial charge in [-0.1, -0.05) is 18.2 Å². The van der Waals surface area contributed by atoms with Crippen LogP contribution in [0.1, 0.15) is 30.1 Å². The predicted molar refractivity (Wildman–Crippen MR) is 73.1 cm³/mol. The molecule has 0 saturated heterocycles. The van der Waals surface area contributed by atoms with Crippen molar-refractivity contribution in [1.29, 1.82) is 0 Å².